The van der Waals surface area contributed by atoms with E-state index in [1.54, 1.807) is 13.8 Å². The third-order valence-corrected chi connectivity index (χ3v) is 2.70. The minimum absolute atomic E-state index is 0.0550. The maximum absolute atomic E-state index is 10.8. The molecule has 1 aromatic rings. The molecule has 7 heteroatoms. The molecule has 18 heavy (non-hydrogen) atoms. The van der Waals surface area contributed by atoms with E-state index in [0.717, 1.165) is 0 Å². The molecule has 1 unspecified atom stereocenters. The van der Waals surface area contributed by atoms with Gasteiger partial charge in [0, 0.05) is 24.2 Å². The number of halogens is 1. The van der Waals surface area contributed by atoms with Gasteiger partial charge in [0.05, 0.1) is 4.92 Å². The summed E-state index contributed by atoms with van der Waals surface area (Å²) in [5, 5.41) is 13.8. The molecule has 0 aromatic heterocycles. The van der Waals surface area contributed by atoms with Crippen molar-refractivity contribution in [1.82, 2.24) is 0 Å². The van der Waals surface area contributed by atoms with Crippen LogP contribution in [0.1, 0.15) is 18.9 Å². The minimum Gasteiger partial charge on any atom is -0.382 e. The normalized spacial score (nSPS) is 11.9. The topological polar surface area (TPSA) is 98.3 Å². The average Bonchev–Trinajstić information content (AvgIpc) is 2.21. The number of rotatable bonds is 5. The highest BCUT2D eigenvalue weighted by atomic mass is 35.5. The number of nitrogens with two attached hydrogens (primary N) is 1. The second kappa shape index (κ2) is 5.68. The Morgan fingerprint density at radius 1 is 1.61 bits per heavy atom. The van der Waals surface area contributed by atoms with E-state index in [4.69, 9.17) is 17.3 Å². The maximum atomic E-state index is 10.8. The van der Waals surface area contributed by atoms with E-state index < -0.39 is 10.8 Å². The number of carbonyl (C=O) groups is 1. The first-order chi connectivity index (χ1) is 8.31. The van der Waals surface area contributed by atoms with Crippen LogP contribution in [0.2, 0.25) is 5.02 Å². The third kappa shape index (κ3) is 3.59. The smallest absolute Gasteiger partial charge is 0.288 e. The molecule has 0 spiro atoms. The number of anilines is 1. The largest absolute Gasteiger partial charge is 0.382 e. The molecule has 0 fully saturated rings. The fourth-order valence-electron chi connectivity index (χ4n) is 1.58. The van der Waals surface area contributed by atoms with Crippen LogP contribution in [-0.2, 0) is 4.79 Å². The molecule has 3 N–H and O–H groups in total. The number of nitrogens with one attached hydrogen (secondary N) is 1. The molecular weight excluding hydrogens is 258 g/mol. The number of nitro benzene ring substituents is 1. The molecular formula is C11H14ClN3O3. The summed E-state index contributed by atoms with van der Waals surface area (Å²) in [4.78, 5) is 20.9. The van der Waals surface area contributed by atoms with Crippen molar-refractivity contribution in [3.05, 3.63) is 32.8 Å². The van der Waals surface area contributed by atoms with Crippen LogP contribution in [0.5, 0.6) is 0 Å². The van der Waals surface area contributed by atoms with Crippen LogP contribution in [0.4, 0.5) is 11.4 Å². The van der Waals surface area contributed by atoms with Gasteiger partial charge in [0.15, 0.2) is 0 Å². The van der Waals surface area contributed by atoms with Crippen LogP contribution in [0.15, 0.2) is 12.1 Å². The Kier molecular flexibility index (Phi) is 4.49. The number of benzene rings is 1. The monoisotopic (exact) mass is 271 g/mol. The van der Waals surface area contributed by atoms with Crippen molar-refractivity contribution in [2.24, 2.45) is 5.73 Å². The quantitative estimate of drug-likeness (QED) is 0.634. The zero-order valence-electron chi connectivity index (χ0n) is 10.1. The number of aryl methyl sites for hydroxylation is 1. The molecule has 0 saturated heterocycles. The average molecular weight is 272 g/mol. The Morgan fingerprint density at radius 2 is 2.22 bits per heavy atom. The lowest BCUT2D eigenvalue weighted by Gasteiger charge is -2.15. The predicted molar refractivity (Wildman–Crippen MR) is 69.7 cm³/mol. The second-order valence-corrected chi connectivity index (χ2v) is 4.50. The first-order valence-corrected chi connectivity index (χ1v) is 5.68. The first kappa shape index (κ1) is 14.2. The molecule has 98 valence electrons. The van der Waals surface area contributed by atoms with Gasteiger partial charge in [-0.05, 0) is 25.5 Å². The zero-order chi connectivity index (χ0) is 13.9. The summed E-state index contributed by atoms with van der Waals surface area (Å²) in [6.07, 6.45) is 0.175. The van der Waals surface area contributed by atoms with Gasteiger partial charge in [-0.25, -0.2) is 0 Å². The SMILES string of the molecule is Cc1cc([N+](=O)[O-])c(Cl)cc1NC(C)CC(N)=O. The minimum atomic E-state index is -0.536. The molecule has 0 aliphatic heterocycles. The number of hydrogen-bond acceptors (Lipinski definition) is 4. The molecule has 0 aliphatic rings. The van der Waals surface area contributed by atoms with Crippen LogP contribution < -0.4 is 11.1 Å². The van der Waals surface area contributed by atoms with E-state index in [1.807, 2.05) is 0 Å². The van der Waals surface area contributed by atoms with Crippen LogP contribution in [0.3, 0.4) is 0 Å². The highest BCUT2D eigenvalue weighted by Gasteiger charge is 2.16. The number of nitrogens with zero attached hydrogens (tertiary/aromatic N) is 1. The Bertz CT molecular complexity index is 491. The summed E-state index contributed by atoms with van der Waals surface area (Å²) < 4.78 is 0. The van der Waals surface area contributed by atoms with Crippen molar-refractivity contribution in [2.45, 2.75) is 26.3 Å². The lowest BCUT2D eigenvalue weighted by atomic mass is 10.1. The van der Waals surface area contributed by atoms with Gasteiger partial charge in [0.1, 0.15) is 5.02 Å². The van der Waals surface area contributed by atoms with Crippen LogP contribution in [-0.4, -0.2) is 16.9 Å². The lowest BCUT2D eigenvalue weighted by Crippen LogP contribution is -2.24. The lowest BCUT2D eigenvalue weighted by molar-refractivity contribution is -0.384. The molecule has 0 heterocycles. The Balaban J connectivity index is 2.94. The molecule has 1 aromatic carbocycles. The Labute approximate surface area is 109 Å². The van der Waals surface area contributed by atoms with Gasteiger partial charge in [0.2, 0.25) is 5.91 Å². The summed E-state index contributed by atoms with van der Waals surface area (Å²) in [5.74, 6) is -0.416. The molecule has 1 rings (SSSR count). The van der Waals surface area contributed by atoms with E-state index in [1.165, 1.54) is 12.1 Å². The summed E-state index contributed by atoms with van der Waals surface area (Å²) in [5.41, 5.74) is 6.28. The van der Waals surface area contributed by atoms with Crippen LogP contribution in [0.25, 0.3) is 0 Å². The highest BCUT2D eigenvalue weighted by Crippen LogP contribution is 2.30. The van der Waals surface area contributed by atoms with Gasteiger partial charge in [-0.3, -0.25) is 14.9 Å². The Hall–Kier alpha value is -1.82. The predicted octanol–water partition coefficient (Wildman–Crippen LogP) is 2.23. The van der Waals surface area contributed by atoms with E-state index >= 15 is 0 Å². The number of nitro groups is 1. The van der Waals surface area contributed by atoms with Crippen molar-refractivity contribution in [3.63, 3.8) is 0 Å². The van der Waals surface area contributed by atoms with Crippen molar-refractivity contribution in [3.8, 4) is 0 Å². The van der Waals surface area contributed by atoms with Crippen LogP contribution >= 0.6 is 11.6 Å². The van der Waals surface area contributed by atoms with Gasteiger partial charge in [-0.1, -0.05) is 11.6 Å². The molecule has 1 amide bonds. The summed E-state index contributed by atoms with van der Waals surface area (Å²) in [6, 6.07) is 2.70. The van der Waals surface area contributed by atoms with Gasteiger partial charge in [0.25, 0.3) is 5.69 Å². The summed E-state index contributed by atoms with van der Waals surface area (Å²) >= 11 is 5.81. The van der Waals surface area contributed by atoms with Gasteiger partial charge in [-0.2, -0.15) is 0 Å². The van der Waals surface area contributed by atoms with Crippen molar-refractivity contribution < 1.29 is 9.72 Å². The van der Waals surface area contributed by atoms with E-state index in [-0.39, 0.29) is 23.2 Å². The zero-order valence-corrected chi connectivity index (χ0v) is 10.8. The Morgan fingerprint density at radius 3 is 2.72 bits per heavy atom. The third-order valence-electron chi connectivity index (χ3n) is 2.40. The summed E-state index contributed by atoms with van der Waals surface area (Å²) in [7, 11) is 0. The fraction of sp³-hybridized carbons (Fsp3) is 0.364. The number of hydrogen-bond donors (Lipinski definition) is 2. The molecule has 1 atom stereocenters. The fourth-order valence-corrected chi connectivity index (χ4v) is 1.81. The van der Waals surface area contributed by atoms with Crippen molar-refractivity contribution in [2.75, 3.05) is 5.32 Å². The standard InChI is InChI=1S/C11H14ClN3O3/c1-6-3-10(15(17)18)8(12)5-9(6)14-7(2)4-11(13)16/h3,5,7,14H,4H2,1-2H3,(H2,13,16). The van der Waals surface area contributed by atoms with Crippen LogP contribution in [0, 0.1) is 17.0 Å². The second-order valence-electron chi connectivity index (χ2n) is 4.09. The number of carbonyl (C=O) groups excluding carboxylic acids is 1. The molecule has 0 radical (unpaired) electrons. The van der Waals surface area contributed by atoms with E-state index in [9.17, 15) is 14.9 Å². The molecule has 0 aliphatic carbocycles. The number of amides is 1. The summed E-state index contributed by atoms with van der Waals surface area (Å²) in [6.45, 7) is 3.52. The first-order valence-electron chi connectivity index (χ1n) is 5.30. The van der Waals surface area contributed by atoms with E-state index in [2.05, 4.69) is 5.32 Å². The van der Waals surface area contributed by atoms with Crippen molar-refractivity contribution >= 4 is 28.9 Å². The van der Waals surface area contributed by atoms with Gasteiger partial charge < -0.3 is 11.1 Å². The van der Waals surface area contributed by atoms with Gasteiger partial charge in [-0.15, -0.1) is 0 Å². The highest BCUT2D eigenvalue weighted by molar-refractivity contribution is 6.33. The van der Waals surface area contributed by atoms with E-state index in [0.29, 0.717) is 11.3 Å². The number of primary amides is 1. The molecule has 0 bridgehead atoms. The van der Waals surface area contributed by atoms with Crippen molar-refractivity contribution in [1.29, 1.82) is 0 Å². The van der Waals surface area contributed by atoms with Gasteiger partial charge >= 0.3 is 0 Å². The maximum Gasteiger partial charge on any atom is 0.288 e. The molecule has 0 saturated carbocycles. The molecule has 6 nitrogen and oxygen atoms in total.